The standard InChI is InChI=1S/C21H30N4O3/c1-2-9-22-23-14-17-3-5-18(6-4-17)20-13-19(28-24-20)12-16-7-10-25(11-8-16)15-21(26)27/h3-6,14,16,19,22H,2,7-13,15H2,1H3,(H,26,27). The van der Waals surface area contributed by atoms with E-state index in [1.54, 1.807) is 0 Å². The number of benzene rings is 1. The van der Waals surface area contributed by atoms with Gasteiger partial charge in [0, 0.05) is 13.0 Å². The highest BCUT2D eigenvalue weighted by Gasteiger charge is 2.28. The molecule has 2 N–H and O–H groups in total. The van der Waals surface area contributed by atoms with Crippen LogP contribution in [0.1, 0.15) is 50.2 Å². The largest absolute Gasteiger partial charge is 0.480 e. The normalized spacial score (nSPS) is 20.9. The van der Waals surface area contributed by atoms with Crippen LogP contribution in [0, 0.1) is 5.92 Å². The topological polar surface area (TPSA) is 86.5 Å². The number of nitrogens with zero attached hydrogens (tertiary/aromatic N) is 3. The van der Waals surface area contributed by atoms with Gasteiger partial charge in [-0.15, -0.1) is 0 Å². The molecule has 0 amide bonds. The van der Waals surface area contributed by atoms with Crippen molar-refractivity contribution < 1.29 is 14.7 Å². The quantitative estimate of drug-likeness (QED) is 0.387. The Kier molecular flexibility index (Phi) is 7.42. The maximum absolute atomic E-state index is 10.8. The summed E-state index contributed by atoms with van der Waals surface area (Å²) in [5, 5.41) is 17.4. The number of hydrogen-bond acceptors (Lipinski definition) is 6. The van der Waals surface area contributed by atoms with Gasteiger partial charge < -0.3 is 15.4 Å². The molecule has 3 rings (SSSR count). The highest BCUT2D eigenvalue weighted by Crippen LogP contribution is 2.27. The van der Waals surface area contributed by atoms with E-state index < -0.39 is 5.97 Å². The van der Waals surface area contributed by atoms with Gasteiger partial charge in [-0.1, -0.05) is 36.3 Å². The molecule has 2 aliphatic heterocycles. The summed E-state index contributed by atoms with van der Waals surface area (Å²) in [5.74, 6) is -0.163. The van der Waals surface area contributed by atoms with Gasteiger partial charge in [-0.25, -0.2) is 0 Å². The number of aliphatic carboxylic acids is 1. The molecule has 2 heterocycles. The van der Waals surface area contributed by atoms with Crippen LogP contribution >= 0.6 is 0 Å². The molecule has 1 aromatic carbocycles. The summed E-state index contributed by atoms with van der Waals surface area (Å²) in [5.41, 5.74) is 6.15. The van der Waals surface area contributed by atoms with Crippen LogP contribution in [0.5, 0.6) is 0 Å². The van der Waals surface area contributed by atoms with E-state index in [2.05, 4.69) is 34.7 Å². The van der Waals surface area contributed by atoms with E-state index in [9.17, 15) is 4.79 Å². The minimum absolute atomic E-state index is 0.130. The van der Waals surface area contributed by atoms with Gasteiger partial charge in [0.1, 0.15) is 6.10 Å². The van der Waals surface area contributed by atoms with Crippen LogP contribution in [-0.2, 0) is 9.63 Å². The third kappa shape index (κ3) is 6.05. The second-order valence-corrected chi connectivity index (χ2v) is 7.61. The maximum Gasteiger partial charge on any atom is 0.317 e. The molecule has 0 aliphatic carbocycles. The van der Waals surface area contributed by atoms with Gasteiger partial charge in [0.25, 0.3) is 0 Å². The van der Waals surface area contributed by atoms with Gasteiger partial charge in [0.15, 0.2) is 0 Å². The fourth-order valence-corrected chi connectivity index (χ4v) is 3.73. The molecule has 1 fully saturated rings. The molecule has 0 radical (unpaired) electrons. The van der Waals surface area contributed by atoms with Crippen molar-refractivity contribution in [2.75, 3.05) is 26.2 Å². The number of hydrogen-bond donors (Lipinski definition) is 2. The van der Waals surface area contributed by atoms with Crippen molar-refractivity contribution in [1.29, 1.82) is 0 Å². The van der Waals surface area contributed by atoms with Crippen molar-refractivity contribution in [3.05, 3.63) is 35.4 Å². The Bertz CT molecular complexity index is 694. The molecule has 2 aliphatic rings. The number of carbonyl (C=O) groups is 1. The van der Waals surface area contributed by atoms with Crippen LogP contribution in [0.15, 0.2) is 34.5 Å². The summed E-state index contributed by atoms with van der Waals surface area (Å²) >= 11 is 0. The van der Waals surface area contributed by atoms with Crippen LogP contribution in [0.2, 0.25) is 0 Å². The molecule has 0 bridgehead atoms. The van der Waals surface area contributed by atoms with Crippen molar-refractivity contribution >= 4 is 17.9 Å². The summed E-state index contributed by atoms with van der Waals surface area (Å²) in [4.78, 5) is 18.5. The number of rotatable bonds is 9. The second-order valence-electron chi connectivity index (χ2n) is 7.61. The third-order valence-corrected chi connectivity index (χ3v) is 5.31. The number of oxime groups is 1. The van der Waals surface area contributed by atoms with Crippen LogP contribution in [0.25, 0.3) is 0 Å². The summed E-state index contributed by atoms with van der Waals surface area (Å²) in [6.45, 7) is 4.84. The molecule has 7 heteroatoms. The van der Waals surface area contributed by atoms with Crippen LogP contribution in [0.3, 0.4) is 0 Å². The van der Waals surface area contributed by atoms with Crippen LogP contribution in [-0.4, -0.2) is 60.2 Å². The molecular weight excluding hydrogens is 356 g/mol. The highest BCUT2D eigenvalue weighted by atomic mass is 16.6. The Labute approximate surface area is 166 Å². The molecule has 1 aromatic rings. The summed E-state index contributed by atoms with van der Waals surface area (Å²) < 4.78 is 0. The molecule has 1 unspecified atom stereocenters. The molecule has 0 saturated carbocycles. The van der Waals surface area contributed by atoms with Gasteiger partial charge in [-0.3, -0.25) is 9.69 Å². The van der Waals surface area contributed by atoms with Crippen LogP contribution in [0.4, 0.5) is 0 Å². The number of carboxylic acids is 1. The van der Waals surface area contributed by atoms with E-state index in [4.69, 9.17) is 9.94 Å². The summed E-state index contributed by atoms with van der Waals surface area (Å²) in [7, 11) is 0. The monoisotopic (exact) mass is 386 g/mol. The van der Waals surface area contributed by atoms with E-state index in [0.29, 0.717) is 5.92 Å². The van der Waals surface area contributed by atoms with Crippen molar-refractivity contribution in [1.82, 2.24) is 10.3 Å². The first-order chi connectivity index (χ1) is 13.6. The zero-order chi connectivity index (χ0) is 19.8. The number of likely N-dealkylation sites (tertiary alicyclic amines) is 1. The van der Waals surface area contributed by atoms with E-state index in [1.807, 2.05) is 23.2 Å². The summed E-state index contributed by atoms with van der Waals surface area (Å²) in [6.07, 6.45) is 6.89. The average molecular weight is 386 g/mol. The van der Waals surface area contributed by atoms with Gasteiger partial charge in [0.2, 0.25) is 0 Å². The Morgan fingerprint density at radius 2 is 2.11 bits per heavy atom. The smallest absolute Gasteiger partial charge is 0.317 e. The molecule has 152 valence electrons. The van der Waals surface area contributed by atoms with Crippen molar-refractivity contribution in [2.45, 2.75) is 45.1 Å². The Hall–Kier alpha value is -2.41. The zero-order valence-corrected chi connectivity index (χ0v) is 16.5. The van der Waals surface area contributed by atoms with Gasteiger partial charge >= 0.3 is 5.97 Å². The predicted molar refractivity (Wildman–Crippen MR) is 110 cm³/mol. The first-order valence-corrected chi connectivity index (χ1v) is 10.2. The van der Waals surface area contributed by atoms with Crippen LogP contribution < -0.4 is 5.43 Å². The molecule has 0 spiro atoms. The molecule has 0 aromatic heterocycles. The van der Waals surface area contributed by atoms with Gasteiger partial charge in [-0.2, -0.15) is 5.10 Å². The van der Waals surface area contributed by atoms with Crippen molar-refractivity contribution in [3.63, 3.8) is 0 Å². The molecule has 1 saturated heterocycles. The first-order valence-electron chi connectivity index (χ1n) is 10.2. The summed E-state index contributed by atoms with van der Waals surface area (Å²) in [6, 6.07) is 8.22. The zero-order valence-electron chi connectivity index (χ0n) is 16.5. The lowest BCUT2D eigenvalue weighted by atomic mass is 9.89. The molecular formula is C21H30N4O3. The van der Waals surface area contributed by atoms with Gasteiger partial charge in [-0.05, 0) is 55.8 Å². The fourth-order valence-electron chi connectivity index (χ4n) is 3.73. The number of carboxylic acid groups (broad SMARTS) is 1. The minimum Gasteiger partial charge on any atom is -0.480 e. The lowest BCUT2D eigenvalue weighted by Gasteiger charge is -2.31. The highest BCUT2D eigenvalue weighted by molar-refractivity contribution is 6.01. The van der Waals surface area contributed by atoms with E-state index >= 15 is 0 Å². The second kappa shape index (κ2) is 10.2. The van der Waals surface area contributed by atoms with E-state index in [0.717, 1.165) is 68.6 Å². The lowest BCUT2D eigenvalue weighted by molar-refractivity contribution is -0.138. The number of piperidine rings is 1. The van der Waals surface area contributed by atoms with Crippen molar-refractivity contribution in [3.8, 4) is 0 Å². The minimum atomic E-state index is -0.745. The Morgan fingerprint density at radius 3 is 2.79 bits per heavy atom. The number of hydrazone groups is 1. The lowest BCUT2D eigenvalue weighted by Crippen LogP contribution is -2.38. The third-order valence-electron chi connectivity index (χ3n) is 5.31. The Balaban J connectivity index is 1.42. The molecule has 1 atom stereocenters. The number of nitrogens with one attached hydrogen (secondary N) is 1. The van der Waals surface area contributed by atoms with E-state index in [1.165, 1.54) is 0 Å². The predicted octanol–water partition coefficient (Wildman–Crippen LogP) is 2.70. The van der Waals surface area contributed by atoms with Gasteiger partial charge in [0.05, 0.1) is 18.5 Å². The first kappa shape index (κ1) is 20.3. The molecule has 28 heavy (non-hydrogen) atoms. The SMILES string of the molecule is CCCNN=Cc1ccc(C2=NOC(CC3CCN(CC(=O)O)CC3)C2)cc1. The molecule has 7 nitrogen and oxygen atoms in total. The van der Waals surface area contributed by atoms with Crippen molar-refractivity contribution in [2.24, 2.45) is 16.2 Å². The maximum atomic E-state index is 10.8. The van der Waals surface area contributed by atoms with E-state index in [-0.39, 0.29) is 12.6 Å². The Morgan fingerprint density at radius 1 is 1.36 bits per heavy atom. The fraction of sp³-hybridized carbons (Fsp3) is 0.571. The average Bonchev–Trinajstić information content (AvgIpc) is 3.15.